The molecule has 0 saturated heterocycles. The van der Waals surface area contributed by atoms with Crippen molar-refractivity contribution in [3.8, 4) is 0 Å². The maximum absolute atomic E-state index is 9.19. The van der Waals surface area contributed by atoms with Crippen molar-refractivity contribution in [3.63, 3.8) is 0 Å². The number of nitrogens with two attached hydrogens (primary N) is 2. The molecular formula is C3H10N2O3S. The summed E-state index contributed by atoms with van der Waals surface area (Å²) in [5, 5.41) is 8.21. The van der Waals surface area contributed by atoms with E-state index in [-0.39, 0.29) is 0 Å². The Morgan fingerprint density at radius 1 is 1.44 bits per heavy atom. The molecule has 0 aromatic rings. The third kappa shape index (κ3) is 794. The smallest absolute Gasteiger partial charge is 0.271 e. The van der Waals surface area contributed by atoms with Gasteiger partial charge in [0.05, 0.1) is 0 Å². The summed E-state index contributed by atoms with van der Waals surface area (Å²) in [7, 11) is -3.67. The average Bonchev–Trinajstić information content (AvgIpc) is 1.61. The first kappa shape index (κ1) is 11.4. The second-order valence-electron chi connectivity index (χ2n) is 1.16. The summed E-state index contributed by atoms with van der Waals surface area (Å²) in [4.78, 5) is 9.17. The van der Waals surface area contributed by atoms with Gasteiger partial charge in [0.15, 0.2) is 0 Å². The molecule has 0 atom stereocenters. The molecule has 56 valence electrons. The van der Waals surface area contributed by atoms with Gasteiger partial charge in [-0.25, -0.2) is 10.3 Å². The quantitative estimate of drug-likeness (QED) is 0.461. The molecule has 0 spiro atoms. The Hall–Kier alpha value is -0.460. The van der Waals surface area contributed by atoms with Crippen molar-refractivity contribution in [2.24, 2.45) is 10.3 Å². The summed E-state index contributed by atoms with van der Waals surface area (Å²) < 4.78 is 18.4. The molecule has 0 amide bonds. The van der Waals surface area contributed by atoms with Crippen LogP contribution in [0.1, 0.15) is 13.3 Å². The minimum Gasteiger partial charge on any atom is -0.303 e. The molecule has 4 N–H and O–H groups in total. The van der Waals surface area contributed by atoms with E-state index >= 15 is 0 Å². The number of carbonyl (C=O) groups is 1. The molecule has 0 aliphatic heterocycles. The van der Waals surface area contributed by atoms with Crippen LogP contribution in [0.2, 0.25) is 0 Å². The number of hydrogen-bond acceptors (Lipinski definition) is 3. The van der Waals surface area contributed by atoms with Gasteiger partial charge in [-0.1, -0.05) is 6.92 Å². The molecule has 9 heavy (non-hydrogen) atoms. The van der Waals surface area contributed by atoms with E-state index in [1.165, 1.54) is 0 Å². The highest BCUT2D eigenvalue weighted by molar-refractivity contribution is 7.86. The highest BCUT2D eigenvalue weighted by Gasteiger charge is 1.78. The molecule has 5 nitrogen and oxygen atoms in total. The second kappa shape index (κ2) is 5.67. The molecule has 0 rings (SSSR count). The van der Waals surface area contributed by atoms with Gasteiger partial charge in [0.1, 0.15) is 6.29 Å². The summed E-state index contributed by atoms with van der Waals surface area (Å²) in [6.45, 7) is 1.81. The van der Waals surface area contributed by atoms with E-state index in [0.29, 0.717) is 6.42 Å². The Kier molecular flexibility index (Phi) is 7.15. The summed E-state index contributed by atoms with van der Waals surface area (Å²) in [5.74, 6) is 0. The first-order valence-corrected chi connectivity index (χ1v) is 3.77. The molecular weight excluding hydrogens is 144 g/mol. The van der Waals surface area contributed by atoms with Crippen molar-refractivity contribution < 1.29 is 13.2 Å². The lowest BCUT2D eigenvalue weighted by Gasteiger charge is -1.72. The summed E-state index contributed by atoms with van der Waals surface area (Å²) in [6.07, 6.45) is 1.51. The lowest BCUT2D eigenvalue weighted by Crippen LogP contribution is -2.21. The Bertz CT molecular complexity index is 142. The molecule has 0 radical (unpaired) electrons. The summed E-state index contributed by atoms with van der Waals surface area (Å²) >= 11 is 0. The Balaban J connectivity index is 0. The van der Waals surface area contributed by atoms with Gasteiger partial charge in [-0.2, -0.15) is 8.42 Å². The van der Waals surface area contributed by atoms with Crippen molar-refractivity contribution in [3.05, 3.63) is 0 Å². The van der Waals surface area contributed by atoms with Crippen LogP contribution in [-0.4, -0.2) is 14.7 Å². The monoisotopic (exact) mass is 154 g/mol. The number of aldehydes is 1. The normalized spacial score (nSPS) is 9.22. The lowest BCUT2D eigenvalue weighted by molar-refractivity contribution is -0.107. The minimum absolute atomic E-state index is 0.639. The highest BCUT2D eigenvalue weighted by atomic mass is 32.2. The fourth-order valence-corrected chi connectivity index (χ4v) is 0. The lowest BCUT2D eigenvalue weighted by atomic mass is 10.6. The van der Waals surface area contributed by atoms with Gasteiger partial charge in [0, 0.05) is 6.42 Å². The predicted octanol–water partition coefficient (Wildman–Crippen LogP) is -1.26. The number of rotatable bonds is 1. The van der Waals surface area contributed by atoms with E-state index in [1.807, 2.05) is 6.92 Å². The van der Waals surface area contributed by atoms with E-state index < -0.39 is 10.2 Å². The van der Waals surface area contributed by atoms with Crippen LogP contribution >= 0.6 is 0 Å². The zero-order chi connectivity index (χ0) is 7.91. The highest BCUT2D eigenvalue weighted by Crippen LogP contribution is 1.53. The van der Waals surface area contributed by atoms with Gasteiger partial charge in [-0.15, -0.1) is 0 Å². The molecule has 0 aromatic heterocycles. The Morgan fingerprint density at radius 2 is 1.56 bits per heavy atom. The maximum atomic E-state index is 9.19. The van der Waals surface area contributed by atoms with Crippen molar-refractivity contribution in [2.75, 3.05) is 0 Å². The van der Waals surface area contributed by atoms with E-state index in [1.54, 1.807) is 0 Å². The maximum Gasteiger partial charge on any atom is 0.271 e. The molecule has 0 fully saturated rings. The second-order valence-corrected chi connectivity index (χ2v) is 2.34. The van der Waals surface area contributed by atoms with Crippen molar-refractivity contribution in [1.29, 1.82) is 0 Å². The van der Waals surface area contributed by atoms with Gasteiger partial charge in [-0.3, -0.25) is 0 Å². The minimum atomic E-state index is -3.67. The van der Waals surface area contributed by atoms with Crippen LogP contribution in [0.3, 0.4) is 0 Å². The molecule has 0 aliphatic rings. The molecule has 0 heterocycles. The fourth-order valence-electron chi connectivity index (χ4n) is 0. The molecule has 0 aliphatic carbocycles. The Labute approximate surface area is 54.2 Å². The zero-order valence-electron chi connectivity index (χ0n) is 5.07. The first-order valence-electron chi connectivity index (χ1n) is 2.16. The first-order chi connectivity index (χ1) is 3.91. The summed E-state index contributed by atoms with van der Waals surface area (Å²) in [6, 6.07) is 0. The van der Waals surface area contributed by atoms with Crippen molar-refractivity contribution in [2.45, 2.75) is 13.3 Å². The van der Waals surface area contributed by atoms with Crippen LogP contribution in [0.25, 0.3) is 0 Å². The van der Waals surface area contributed by atoms with Crippen LogP contribution in [0.4, 0.5) is 0 Å². The van der Waals surface area contributed by atoms with Crippen LogP contribution in [-0.2, 0) is 15.0 Å². The van der Waals surface area contributed by atoms with Crippen LogP contribution in [0.5, 0.6) is 0 Å². The molecule has 0 unspecified atom stereocenters. The van der Waals surface area contributed by atoms with Crippen molar-refractivity contribution in [1.82, 2.24) is 0 Å². The van der Waals surface area contributed by atoms with Gasteiger partial charge in [-0.05, 0) is 0 Å². The van der Waals surface area contributed by atoms with Gasteiger partial charge >= 0.3 is 0 Å². The Morgan fingerprint density at radius 3 is 1.56 bits per heavy atom. The van der Waals surface area contributed by atoms with Crippen LogP contribution in [0.15, 0.2) is 0 Å². The van der Waals surface area contributed by atoms with E-state index in [9.17, 15) is 13.2 Å². The fraction of sp³-hybridized carbons (Fsp3) is 0.667. The third-order valence-corrected chi connectivity index (χ3v) is 0.167. The number of hydrogen-bond donors (Lipinski definition) is 2. The molecule has 0 bridgehead atoms. The van der Waals surface area contributed by atoms with Crippen LogP contribution < -0.4 is 10.3 Å². The van der Waals surface area contributed by atoms with E-state index in [4.69, 9.17) is 0 Å². The molecule has 0 saturated carbocycles. The van der Waals surface area contributed by atoms with Gasteiger partial charge in [0.2, 0.25) is 0 Å². The molecule has 0 aromatic carbocycles. The average molecular weight is 154 g/mol. The van der Waals surface area contributed by atoms with Crippen molar-refractivity contribution >= 4 is 16.5 Å². The largest absolute Gasteiger partial charge is 0.303 e. The molecule has 6 heteroatoms. The van der Waals surface area contributed by atoms with E-state index in [0.717, 1.165) is 6.29 Å². The standard InChI is InChI=1S/C3H6O.H4N2O2S/c1-2-3-4;1-5(2,3)4/h3H,2H2,1H3;(H4,1,2,3,4). The van der Waals surface area contributed by atoms with Crippen LogP contribution in [0, 0.1) is 0 Å². The predicted molar refractivity (Wildman–Crippen MR) is 33.6 cm³/mol. The van der Waals surface area contributed by atoms with Gasteiger partial charge < -0.3 is 4.79 Å². The summed E-state index contributed by atoms with van der Waals surface area (Å²) in [5.41, 5.74) is 0. The SMILES string of the molecule is CCC=O.NS(N)(=O)=O. The topological polar surface area (TPSA) is 103 Å². The van der Waals surface area contributed by atoms with E-state index in [2.05, 4.69) is 10.3 Å². The number of carbonyl (C=O) groups excluding carboxylic acids is 1. The third-order valence-electron chi connectivity index (χ3n) is 0.167. The zero-order valence-corrected chi connectivity index (χ0v) is 5.89. The van der Waals surface area contributed by atoms with Gasteiger partial charge in [0.25, 0.3) is 10.2 Å².